The minimum Gasteiger partial charge on any atom is -0.458 e. The minimum atomic E-state index is -0.346. The van der Waals surface area contributed by atoms with Crippen LogP contribution >= 0.6 is 0 Å². The van der Waals surface area contributed by atoms with Crippen molar-refractivity contribution in [2.75, 3.05) is 0 Å². The molecule has 0 aromatic carbocycles. The highest BCUT2D eigenvalue weighted by Gasteiger charge is 2.63. The van der Waals surface area contributed by atoms with Gasteiger partial charge in [0.1, 0.15) is 5.60 Å². The number of ether oxygens (including phenoxy) is 1. The normalized spacial score (nSPS) is 40.3. The van der Waals surface area contributed by atoms with E-state index in [1.807, 2.05) is 13.8 Å². The Balaban J connectivity index is 1.83. The van der Waals surface area contributed by atoms with E-state index in [1.54, 1.807) is 0 Å². The average Bonchev–Trinajstić information content (AvgIpc) is 3.08. The molecule has 0 saturated heterocycles. The number of carbonyl (C=O) groups is 1. The molecule has 3 rings (SSSR count). The van der Waals surface area contributed by atoms with Crippen LogP contribution in [0.5, 0.6) is 0 Å². The Hall–Kier alpha value is -0.530. The molecule has 3 aliphatic rings. The van der Waals surface area contributed by atoms with Crippen molar-refractivity contribution in [1.29, 1.82) is 0 Å². The first kappa shape index (κ1) is 16.3. The van der Waals surface area contributed by atoms with E-state index in [-0.39, 0.29) is 17.0 Å². The van der Waals surface area contributed by atoms with Crippen LogP contribution in [0.2, 0.25) is 0 Å². The van der Waals surface area contributed by atoms with Gasteiger partial charge in [-0.05, 0) is 76.0 Å². The fraction of sp³-hybridized carbons (Fsp3) is 0.950. The van der Waals surface area contributed by atoms with Crippen molar-refractivity contribution < 1.29 is 9.53 Å². The van der Waals surface area contributed by atoms with Crippen LogP contribution in [0.4, 0.5) is 0 Å². The lowest BCUT2D eigenvalue weighted by molar-refractivity contribution is -0.183. The van der Waals surface area contributed by atoms with Crippen molar-refractivity contribution in [3.05, 3.63) is 0 Å². The van der Waals surface area contributed by atoms with Crippen LogP contribution < -0.4 is 0 Å². The Morgan fingerprint density at radius 3 is 2.59 bits per heavy atom. The molecule has 0 aromatic heterocycles. The number of rotatable bonds is 5. The summed E-state index contributed by atoms with van der Waals surface area (Å²) in [6.07, 6.45) is 8.57. The third-order valence-corrected chi connectivity index (χ3v) is 7.07. The molecule has 2 nitrogen and oxygen atoms in total. The van der Waals surface area contributed by atoms with E-state index in [1.165, 1.54) is 25.7 Å². The minimum absolute atomic E-state index is 0.0396. The van der Waals surface area contributed by atoms with Gasteiger partial charge in [-0.15, -0.1) is 0 Å². The van der Waals surface area contributed by atoms with Gasteiger partial charge in [0, 0.05) is 5.92 Å². The molecule has 5 unspecified atom stereocenters. The molecular weight excluding hydrogens is 272 g/mol. The van der Waals surface area contributed by atoms with Crippen LogP contribution in [0.15, 0.2) is 0 Å². The summed E-state index contributed by atoms with van der Waals surface area (Å²) in [4.78, 5) is 12.8. The molecule has 126 valence electrons. The van der Waals surface area contributed by atoms with Crippen molar-refractivity contribution in [2.24, 2.45) is 35.0 Å². The summed E-state index contributed by atoms with van der Waals surface area (Å²) in [5.41, 5.74) is -0.491. The van der Waals surface area contributed by atoms with Crippen LogP contribution in [0, 0.1) is 35.0 Å². The largest absolute Gasteiger partial charge is 0.458 e. The second kappa shape index (κ2) is 5.53. The molecule has 5 atom stereocenters. The van der Waals surface area contributed by atoms with Gasteiger partial charge in [-0.25, -0.2) is 0 Å². The molecule has 2 heteroatoms. The highest BCUT2D eigenvalue weighted by Crippen LogP contribution is 2.65. The summed E-state index contributed by atoms with van der Waals surface area (Å²) in [7, 11) is 0. The zero-order chi connectivity index (χ0) is 16.1. The van der Waals surface area contributed by atoms with E-state index >= 15 is 0 Å². The second-order valence-corrected chi connectivity index (χ2v) is 9.35. The first-order valence-corrected chi connectivity index (χ1v) is 9.52. The Labute approximate surface area is 136 Å². The Morgan fingerprint density at radius 2 is 1.95 bits per heavy atom. The molecule has 0 spiro atoms. The van der Waals surface area contributed by atoms with Crippen LogP contribution in [-0.4, -0.2) is 11.6 Å². The number of hydrogen-bond acceptors (Lipinski definition) is 2. The maximum absolute atomic E-state index is 12.8. The SMILES string of the molecule is CCC(C)(C)C(=O)OC1(CC(C)C)CC2CC1C1CCCC21. The maximum atomic E-state index is 12.8. The third-order valence-electron chi connectivity index (χ3n) is 7.07. The molecule has 0 heterocycles. The number of hydrogen-bond donors (Lipinski definition) is 0. The summed E-state index contributed by atoms with van der Waals surface area (Å²) in [6.45, 7) is 10.7. The highest BCUT2D eigenvalue weighted by atomic mass is 16.6. The van der Waals surface area contributed by atoms with Gasteiger partial charge in [0.2, 0.25) is 0 Å². The molecule has 0 aromatic rings. The molecule has 0 radical (unpaired) electrons. The molecule has 2 bridgehead atoms. The summed E-state index contributed by atoms with van der Waals surface area (Å²) in [5.74, 6) is 3.89. The quantitative estimate of drug-likeness (QED) is 0.652. The van der Waals surface area contributed by atoms with Gasteiger partial charge in [-0.2, -0.15) is 0 Å². The molecule has 3 aliphatic carbocycles. The third kappa shape index (κ3) is 2.51. The van der Waals surface area contributed by atoms with Crippen LogP contribution in [0.3, 0.4) is 0 Å². The average molecular weight is 306 g/mol. The molecule has 0 amide bonds. The van der Waals surface area contributed by atoms with E-state index < -0.39 is 0 Å². The summed E-state index contributed by atoms with van der Waals surface area (Å²) in [5, 5.41) is 0. The number of esters is 1. The lowest BCUT2D eigenvalue weighted by Gasteiger charge is -2.44. The van der Waals surface area contributed by atoms with E-state index in [0.717, 1.165) is 37.0 Å². The Morgan fingerprint density at radius 1 is 1.27 bits per heavy atom. The predicted molar refractivity (Wildman–Crippen MR) is 89.4 cm³/mol. The molecule has 0 aliphatic heterocycles. The van der Waals surface area contributed by atoms with Gasteiger partial charge in [0.15, 0.2) is 0 Å². The van der Waals surface area contributed by atoms with Crippen LogP contribution in [0.25, 0.3) is 0 Å². The van der Waals surface area contributed by atoms with E-state index in [0.29, 0.717) is 11.8 Å². The fourth-order valence-corrected chi connectivity index (χ4v) is 5.76. The number of fused-ring (bicyclic) bond motifs is 5. The van der Waals surface area contributed by atoms with E-state index in [9.17, 15) is 4.79 Å². The Bertz CT molecular complexity index is 439. The topological polar surface area (TPSA) is 26.3 Å². The van der Waals surface area contributed by atoms with E-state index in [4.69, 9.17) is 4.74 Å². The van der Waals surface area contributed by atoms with Crippen LogP contribution in [0.1, 0.15) is 79.6 Å². The zero-order valence-electron chi connectivity index (χ0n) is 15.2. The molecular formula is C20H34O2. The van der Waals surface area contributed by atoms with Gasteiger partial charge in [-0.1, -0.05) is 27.2 Å². The van der Waals surface area contributed by atoms with E-state index in [2.05, 4.69) is 20.8 Å². The zero-order valence-corrected chi connectivity index (χ0v) is 15.2. The van der Waals surface area contributed by atoms with Gasteiger partial charge in [0.25, 0.3) is 0 Å². The molecule has 3 fully saturated rings. The maximum Gasteiger partial charge on any atom is 0.312 e. The van der Waals surface area contributed by atoms with Gasteiger partial charge >= 0.3 is 5.97 Å². The lowest BCUT2D eigenvalue weighted by Crippen LogP contribution is -2.48. The molecule has 22 heavy (non-hydrogen) atoms. The Kier molecular flexibility index (Phi) is 4.10. The van der Waals surface area contributed by atoms with Crippen molar-refractivity contribution >= 4 is 5.97 Å². The molecule has 0 N–H and O–H groups in total. The molecule has 3 saturated carbocycles. The standard InChI is InChI=1S/C20H34O2/c1-6-19(4,5)18(21)22-20(11-13(2)3)12-14-10-17(20)16-9-7-8-15(14)16/h13-17H,6-12H2,1-5H3. The summed E-state index contributed by atoms with van der Waals surface area (Å²) < 4.78 is 6.37. The predicted octanol–water partition coefficient (Wildman–Crippen LogP) is 5.21. The van der Waals surface area contributed by atoms with Gasteiger partial charge < -0.3 is 4.74 Å². The first-order valence-electron chi connectivity index (χ1n) is 9.52. The fourth-order valence-electron chi connectivity index (χ4n) is 5.76. The monoisotopic (exact) mass is 306 g/mol. The van der Waals surface area contributed by atoms with Crippen molar-refractivity contribution in [3.8, 4) is 0 Å². The number of carbonyl (C=O) groups excluding carboxylic acids is 1. The van der Waals surface area contributed by atoms with Gasteiger partial charge in [-0.3, -0.25) is 4.79 Å². The second-order valence-electron chi connectivity index (χ2n) is 9.35. The summed E-state index contributed by atoms with van der Waals surface area (Å²) >= 11 is 0. The van der Waals surface area contributed by atoms with Crippen molar-refractivity contribution in [3.63, 3.8) is 0 Å². The highest BCUT2D eigenvalue weighted by molar-refractivity contribution is 5.76. The smallest absolute Gasteiger partial charge is 0.312 e. The van der Waals surface area contributed by atoms with Crippen LogP contribution in [-0.2, 0) is 9.53 Å². The first-order chi connectivity index (χ1) is 10.3. The van der Waals surface area contributed by atoms with Gasteiger partial charge in [0.05, 0.1) is 5.41 Å². The van der Waals surface area contributed by atoms with Crippen molar-refractivity contribution in [2.45, 2.75) is 85.2 Å². The van der Waals surface area contributed by atoms with Crippen molar-refractivity contribution in [1.82, 2.24) is 0 Å². The summed E-state index contributed by atoms with van der Waals surface area (Å²) in [6, 6.07) is 0. The lowest BCUT2D eigenvalue weighted by atomic mass is 9.69.